The van der Waals surface area contributed by atoms with Gasteiger partial charge >= 0.3 is 5.97 Å². The first kappa shape index (κ1) is 12.2. The van der Waals surface area contributed by atoms with Crippen LogP contribution in [0.25, 0.3) is 10.2 Å². The van der Waals surface area contributed by atoms with Gasteiger partial charge in [0.15, 0.2) is 0 Å². The molecule has 94 valence electrons. The van der Waals surface area contributed by atoms with Crippen molar-refractivity contribution in [2.75, 3.05) is 5.75 Å². The van der Waals surface area contributed by atoms with E-state index in [1.54, 1.807) is 0 Å². The van der Waals surface area contributed by atoms with Gasteiger partial charge in [0.05, 0.1) is 20.3 Å². The normalized spacial score (nSPS) is 15.2. The molecule has 0 amide bonds. The van der Waals surface area contributed by atoms with Crippen molar-refractivity contribution < 1.29 is 9.90 Å². The lowest BCUT2D eigenvalue weighted by Crippen LogP contribution is -1.98. The third-order valence-corrected chi connectivity index (χ3v) is 5.28. The minimum atomic E-state index is -0.850. The first-order valence-electron chi connectivity index (χ1n) is 5.44. The number of aromatic nitrogens is 2. The van der Waals surface area contributed by atoms with Gasteiger partial charge in [-0.25, -0.2) is 9.97 Å². The van der Waals surface area contributed by atoms with Crippen molar-refractivity contribution in [2.45, 2.75) is 23.8 Å². The molecule has 2 heterocycles. The summed E-state index contributed by atoms with van der Waals surface area (Å²) in [5.74, 6) is -0.323. The topological polar surface area (TPSA) is 63.1 Å². The van der Waals surface area contributed by atoms with Crippen LogP contribution < -0.4 is 0 Å². The van der Waals surface area contributed by atoms with E-state index >= 15 is 0 Å². The maximum atomic E-state index is 10.6. The van der Waals surface area contributed by atoms with E-state index in [0.717, 1.165) is 33.0 Å². The van der Waals surface area contributed by atoms with Crippen molar-refractivity contribution in [2.24, 2.45) is 0 Å². The predicted molar refractivity (Wildman–Crippen MR) is 72.8 cm³/mol. The number of nitrogens with zero attached hydrogens (tertiary/aromatic N) is 2. The molecule has 7 heteroatoms. The van der Waals surface area contributed by atoms with Gasteiger partial charge in [0.2, 0.25) is 0 Å². The quantitative estimate of drug-likeness (QED) is 0.692. The van der Waals surface area contributed by atoms with Crippen LogP contribution in [0.2, 0.25) is 4.34 Å². The molecule has 1 aliphatic carbocycles. The summed E-state index contributed by atoms with van der Waals surface area (Å²) in [6, 6.07) is 0. The van der Waals surface area contributed by atoms with Crippen molar-refractivity contribution in [3.8, 4) is 0 Å². The number of hydrogen-bond donors (Lipinski definition) is 1. The highest BCUT2D eigenvalue weighted by molar-refractivity contribution is 8.00. The van der Waals surface area contributed by atoms with Gasteiger partial charge in [0, 0.05) is 5.56 Å². The number of thioether (sulfide) groups is 1. The summed E-state index contributed by atoms with van der Waals surface area (Å²) >= 11 is 8.93. The molecular formula is C11H9ClN2O2S2. The smallest absolute Gasteiger partial charge is 0.313 e. The number of carbonyl (C=O) groups is 1. The minimum absolute atomic E-state index is 0.000391. The molecule has 1 fully saturated rings. The van der Waals surface area contributed by atoms with Gasteiger partial charge in [-0.1, -0.05) is 23.4 Å². The van der Waals surface area contributed by atoms with E-state index in [0.29, 0.717) is 10.9 Å². The average molecular weight is 301 g/mol. The van der Waals surface area contributed by atoms with Gasteiger partial charge in [0.25, 0.3) is 0 Å². The lowest BCUT2D eigenvalue weighted by atomic mass is 10.2. The fourth-order valence-electron chi connectivity index (χ4n) is 1.84. The summed E-state index contributed by atoms with van der Waals surface area (Å²) in [4.78, 5) is 19.1. The molecule has 0 bridgehead atoms. The molecule has 0 saturated heterocycles. The third-order valence-electron chi connectivity index (χ3n) is 2.75. The molecule has 1 N–H and O–H groups in total. The zero-order valence-electron chi connectivity index (χ0n) is 9.22. The van der Waals surface area contributed by atoms with Crippen molar-refractivity contribution in [3.63, 3.8) is 0 Å². The largest absolute Gasteiger partial charge is 0.481 e. The van der Waals surface area contributed by atoms with E-state index < -0.39 is 5.97 Å². The Balaban J connectivity index is 2.05. The van der Waals surface area contributed by atoms with E-state index in [1.807, 2.05) is 0 Å². The summed E-state index contributed by atoms with van der Waals surface area (Å²) in [5, 5.41) is 9.43. The van der Waals surface area contributed by atoms with E-state index in [2.05, 4.69) is 9.97 Å². The molecule has 0 unspecified atom stereocenters. The third kappa shape index (κ3) is 2.20. The monoisotopic (exact) mass is 300 g/mol. The standard InChI is InChI=1S/C11H9ClN2O2S2/c12-10-7(5-1-2-5)8-9(18-10)11(14-4-13-8)17-3-6(15)16/h4-5H,1-3H2,(H,15,16). The lowest BCUT2D eigenvalue weighted by Gasteiger charge is -1.99. The first-order valence-corrected chi connectivity index (χ1v) is 7.62. The summed E-state index contributed by atoms with van der Waals surface area (Å²) in [6.45, 7) is 0. The highest BCUT2D eigenvalue weighted by Gasteiger charge is 2.30. The Morgan fingerprint density at radius 3 is 3.00 bits per heavy atom. The second-order valence-electron chi connectivity index (χ2n) is 4.10. The number of carboxylic acid groups (broad SMARTS) is 1. The van der Waals surface area contributed by atoms with Gasteiger partial charge in [-0.2, -0.15) is 0 Å². The Hall–Kier alpha value is -0.850. The minimum Gasteiger partial charge on any atom is -0.481 e. The zero-order valence-corrected chi connectivity index (χ0v) is 11.6. The average Bonchev–Trinajstić information content (AvgIpc) is 3.09. The van der Waals surface area contributed by atoms with Gasteiger partial charge in [0.1, 0.15) is 11.4 Å². The maximum absolute atomic E-state index is 10.6. The Bertz CT molecular complexity index is 625. The number of rotatable bonds is 4. The van der Waals surface area contributed by atoms with E-state index in [9.17, 15) is 4.79 Å². The molecule has 2 aromatic heterocycles. The molecule has 0 atom stereocenters. The van der Waals surface area contributed by atoms with Crippen molar-refractivity contribution in [3.05, 3.63) is 16.2 Å². The number of carboxylic acids is 1. The van der Waals surface area contributed by atoms with Crippen LogP contribution in [-0.4, -0.2) is 26.8 Å². The Labute approximate surface area is 116 Å². The van der Waals surface area contributed by atoms with E-state index in [1.165, 1.54) is 29.4 Å². The lowest BCUT2D eigenvalue weighted by molar-refractivity contribution is -0.133. The number of fused-ring (bicyclic) bond motifs is 1. The highest BCUT2D eigenvalue weighted by Crippen LogP contribution is 2.50. The fraction of sp³-hybridized carbons (Fsp3) is 0.364. The van der Waals surface area contributed by atoms with Crippen LogP contribution in [0.3, 0.4) is 0 Å². The van der Waals surface area contributed by atoms with E-state index in [4.69, 9.17) is 16.7 Å². The van der Waals surface area contributed by atoms with Gasteiger partial charge in [-0.15, -0.1) is 11.3 Å². The van der Waals surface area contributed by atoms with Crippen LogP contribution in [-0.2, 0) is 4.79 Å². The van der Waals surface area contributed by atoms with Crippen LogP contribution in [0, 0.1) is 0 Å². The van der Waals surface area contributed by atoms with Crippen LogP contribution in [0.4, 0.5) is 0 Å². The Morgan fingerprint density at radius 2 is 2.33 bits per heavy atom. The Morgan fingerprint density at radius 1 is 1.56 bits per heavy atom. The van der Waals surface area contributed by atoms with Gasteiger partial charge in [-0.3, -0.25) is 4.79 Å². The molecule has 0 aliphatic heterocycles. The molecule has 4 nitrogen and oxygen atoms in total. The van der Waals surface area contributed by atoms with Crippen LogP contribution in [0.5, 0.6) is 0 Å². The summed E-state index contributed by atoms with van der Waals surface area (Å²) < 4.78 is 1.68. The summed E-state index contributed by atoms with van der Waals surface area (Å²) in [7, 11) is 0. The van der Waals surface area contributed by atoms with Crippen LogP contribution in [0.1, 0.15) is 24.3 Å². The zero-order chi connectivity index (χ0) is 12.7. The van der Waals surface area contributed by atoms with Crippen molar-refractivity contribution in [1.82, 2.24) is 9.97 Å². The second kappa shape index (κ2) is 4.68. The number of thiophene rings is 1. The fourth-order valence-corrected chi connectivity index (χ4v) is 4.18. The van der Waals surface area contributed by atoms with Gasteiger partial charge < -0.3 is 5.11 Å². The molecule has 18 heavy (non-hydrogen) atoms. The molecular weight excluding hydrogens is 292 g/mol. The van der Waals surface area contributed by atoms with Crippen LogP contribution >= 0.6 is 34.7 Å². The maximum Gasteiger partial charge on any atom is 0.313 e. The molecule has 1 aliphatic rings. The molecule has 1 saturated carbocycles. The Kier molecular flexibility index (Phi) is 3.17. The van der Waals surface area contributed by atoms with Crippen molar-refractivity contribution in [1.29, 1.82) is 0 Å². The van der Waals surface area contributed by atoms with Crippen LogP contribution in [0.15, 0.2) is 11.4 Å². The molecule has 0 aromatic carbocycles. The van der Waals surface area contributed by atoms with E-state index in [-0.39, 0.29) is 5.75 Å². The number of hydrogen-bond acceptors (Lipinski definition) is 5. The molecule has 0 spiro atoms. The summed E-state index contributed by atoms with van der Waals surface area (Å²) in [6.07, 6.45) is 3.81. The number of aliphatic carboxylic acids is 1. The van der Waals surface area contributed by atoms with Gasteiger partial charge in [-0.05, 0) is 18.8 Å². The molecule has 0 radical (unpaired) electrons. The highest BCUT2D eigenvalue weighted by atomic mass is 35.5. The number of halogens is 1. The first-order chi connectivity index (χ1) is 8.66. The molecule has 3 rings (SSSR count). The van der Waals surface area contributed by atoms with Crippen molar-refractivity contribution >= 4 is 50.9 Å². The predicted octanol–water partition coefficient (Wildman–Crippen LogP) is 3.40. The second-order valence-corrected chi connectivity index (χ2v) is 6.69. The molecule has 2 aromatic rings. The SMILES string of the molecule is O=C(O)CSc1ncnc2c(C3CC3)c(Cl)sc12. The summed E-state index contributed by atoms with van der Waals surface area (Å²) in [5.41, 5.74) is 2.02.